The van der Waals surface area contributed by atoms with Crippen LogP contribution in [0.15, 0.2) is 36.5 Å². The summed E-state index contributed by atoms with van der Waals surface area (Å²) in [6.45, 7) is 9.02. The second kappa shape index (κ2) is 7.75. The van der Waals surface area contributed by atoms with Crippen molar-refractivity contribution in [3.63, 3.8) is 0 Å². The molecular weight excluding hydrogens is 286 g/mol. The summed E-state index contributed by atoms with van der Waals surface area (Å²) in [5.41, 5.74) is 3.95. The first kappa shape index (κ1) is 16.2. The molecule has 2 aromatic rings. The topological polar surface area (TPSA) is 30.3 Å². The predicted octanol–water partition coefficient (Wildman–Crippen LogP) is 3.39. The number of aryl methyl sites for hydroxylation is 1. The Labute approximate surface area is 139 Å². The van der Waals surface area contributed by atoms with Crippen molar-refractivity contribution < 1.29 is 4.74 Å². The molecule has 0 aliphatic carbocycles. The van der Waals surface area contributed by atoms with Crippen LogP contribution in [0, 0.1) is 6.92 Å². The lowest BCUT2D eigenvalue weighted by atomic mass is 10.1. The molecule has 124 valence electrons. The Kier molecular flexibility index (Phi) is 5.47. The van der Waals surface area contributed by atoms with E-state index in [0.29, 0.717) is 6.10 Å². The van der Waals surface area contributed by atoms with Crippen LogP contribution < -0.4 is 0 Å². The Hall–Kier alpha value is -1.65. The van der Waals surface area contributed by atoms with Crippen LogP contribution in [0.4, 0.5) is 0 Å². The van der Waals surface area contributed by atoms with Crippen LogP contribution in [-0.4, -0.2) is 33.9 Å². The molecule has 1 unspecified atom stereocenters. The maximum absolute atomic E-state index is 5.85. The highest BCUT2D eigenvalue weighted by Gasteiger charge is 2.20. The number of aromatic nitrogens is 2. The van der Waals surface area contributed by atoms with Crippen molar-refractivity contribution in [3.05, 3.63) is 53.3 Å². The summed E-state index contributed by atoms with van der Waals surface area (Å²) in [6.07, 6.45) is 4.77. The van der Waals surface area contributed by atoms with Crippen molar-refractivity contribution in [2.45, 2.75) is 52.4 Å². The fourth-order valence-electron chi connectivity index (χ4n) is 3.30. The number of rotatable bonds is 7. The van der Waals surface area contributed by atoms with Gasteiger partial charge in [0.05, 0.1) is 12.3 Å². The molecule has 0 saturated carbocycles. The Bertz CT molecular complexity index is 602. The summed E-state index contributed by atoms with van der Waals surface area (Å²) in [7, 11) is 0. The second-order valence-electron chi connectivity index (χ2n) is 6.36. The van der Waals surface area contributed by atoms with Crippen molar-refractivity contribution in [1.82, 2.24) is 14.7 Å². The van der Waals surface area contributed by atoms with Crippen LogP contribution in [0.2, 0.25) is 0 Å². The van der Waals surface area contributed by atoms with E-state index in [1.54, 1.807) is 0 Å². The van der Waals surface area contributed by atoms with Gasteiger partial charge in [-0.05, 0) is 32.3 Å². The molecule has 23 heavy (non-hydrogen) atoms. The Balaban J connectivity index is 1.72. The SMILES string of the molecule is CCn1ncc(CN(Cc2ccccc2)CC2CCCO2)c1C. The minimum atomic E-state index is 0.375. The number of benzene rings is 1. The molecule has 1 aliphatic rings. The van der Waals surface area contributed by atoms with E-state index in [4.69, 9.17) is 4.74 Å². The molecule has 1 aromatic carbocycles. The first-order valence-electron chi connectivity index (χ1n) is 8.65. The average Bonchev–Trinajstić information content (AvgIpc) is 3.19. The summed E-state index contributed by atoms with van der Waals surface area (Å²) in [5, 5.41) is 4.48. The van der Waals surface area contributed by atoms with Crippen molar-refractivity contribution in [2.75, 3.05) is 13.2 Å². The van der Waals surface area contributed by atoms with E-state index in [9.17, 15) is 0 Å². The van der Waals surface area contributed by atoms with Gasteiger partial charge in [-0.2, -0.15) is 5.10 Å². The maximum Gasteiger partial charge on any atom is 0.0703 e. The molecule has 0 N–H and O–H groups in total. The molecule has 0 radical (unpaired) electrons. The van der Waals surface area contributed by atoms with Crippen LogP contribution in [0.25, 0.3) is 0 Å². The summed E-state index contributed by atoms with van der Waals surface area (Å²) in [6, 6.07) is 10.7. The minimum absolute atomic E-state index is 0.375. The van der Waals surface area contributed by atoms with E-state index in [-0.39, 0.29) is 0 Å². The quantitative estimate of drug-likeness (QED) is 0.785. The van der Waals surface area contributed by atoms with Crippen LogP contribution >= 0.6 is 0 Å². The lowest BCUT2D eigenvalue weighted by molar-refractivity contribution is 0.0678. The van der Waals surface area contributed by atoms with Crippen molar-refractivity contribution >= 4 is 0 Å². The zero-order valence-corrected chi connectivity index (χ0v) is 14.2. The lowest BCUT2D eigenvalue weighted by Crippen LogP contribution is -2.31. The molecule has 0 spiro atoms. The third-order valence-electron chi connectivity index (χ3n) is 4.63. The lowest BCUT2D eigenvalue weighted by Gasteiger charge is -2.25. The van der Waals surface area contributed by atoms with Gasteiger partial charge in [-0.1, -0.05) is 30.3 Å². The molecule has 1 aromatic heterocycles. The second-order valence-corrected chi connectivity index (χ2v) is 6.36. The molecule has 2 heterocycles. The third-order valence-corrected chi connectivity index (χ3v) is 4.63. The molecule has 4 heteroatoms. The first-order chi connectivity index (χ1) is 11.3. The Morgan fingerprint density at radius 3 is 2.74 bits per heavy atom. The number of hydrogen-bond acceptors (Lipinski definition) is 3. The smallest absolute Gasteiger partial charge is 0.0703 e. The molecular formula is C19H27N3O. The molecule has 1 atom stereocenters. The fourth-order valence-corrected chi connectivity index (χ4v) is 3.30. The van der Waals surface area contributed by atoms with Gasteiger partial charge >= 0.3 is 0 Å². The molecule has 4 nitrogen and oxygen atoms in total. The molecule has 0 bridgehead atoms. The Morgan fingerprint density at radius 2 is 2.09 bits per heavy atom. The van der Waals surface area contributed by atoms with Gasteiger partial charge in [-0.15, -0.1) is 0 Å². The standard InChI is InChI=1S/C19H27N3O/c1-3-22-16(2)18(12-20-22)14-21(15-19-10-7-11-23-19)13-17-8-5-4-6-9-17/h4-6,8-9,12,19H,3,7,10-11,13-15H2,1-2H3. The highest BCUT2D eigenvalue weighted by atomic mass is 16.5. The highest BCUT2D eigenvalue weighted by molar-refractivity contribution is 5.18. The van der Waals surface area contributed by atoms with Crippen LogP contribution in [0.1, 0.15) is 36.6 Å². The van der Waals surface area contributed by atoms with E-state index in [1.165, 1.54) is 29.7 Å². The molecule has 1 saturated heterocycles. The van der Waals surface area contributed by atoms with Crippen LogP contribution in [0.5, 0.6) is 0 Å². The van der Waals surface area contributed by atoms with Gasteiger partial charge in [0.15, 0.2) is 0 Å². The van der Waals surface area contributed by atoms with E-state index in [2.05, 4.69) is 58.9 Å². The zero-order valence-electron chi connectivity index (χ0n) is 14.2. The number of nitrogens with zero attached hydrogens (tertiary/aromatic N) is 3. The summed E-state index contributed by atoms with van der Waals surface area (Å²) in [5.74, 6) is 0. The first-order valence-corrected chi connectivity index (χ1v) is 8.65. The van der Waals surface area contributed by atoms with Crippen molar-refractivity contribution in [2.24, 2.45) is 0 Å². The van der Waals surface area contributed by atoms with E-state index >= 15 is 0 Å². The van der Waals surface area contributed by atoms with Crippen molar-refractivity contribution in [3.8, 4) is 0 Å². The molecule has 1 aliphatic heterocycles. The summed E-state index contributed by atoms with van der Waals surface area (Å²) in [4.78, 5) is 2.50. The maximum atomic E-state index is 5.85. The van der Waals surface area contributed by atoms with Gasteiger partial charge in [0, 0.05) is 44.0 Å². The van der Waals surface area contributed by atoms with Crippen LogP contribution in [0.3, 0.4) is 0 Å². The normalized spacial score (nSPS) is 18.0. The third kappa shape index (κ3) is 4.21. The fraction of sp³-hybridized carbons (Fsp3) is 0.526. The van der Waals surface area contributed by atoms with E-state index < -0.39 is 0 Å². The van der Waals surface area contributed by atoms with E-state index in [0.717, 1.165) is 32.8 Å². The van der Waals surface area contributed by atoms with Gasteiger partial charge < -0.3 is 4.74 Å². The number of ether oxygens (including phenoxy) is 1. The minimum Gasteiger partial charge on any atom is -0.377 e. The predicted molar refractivity (Wildman–Crippen MR) is 92.2 cm³/mol. The average molecular weight is 313 g/mol. The Morgan fingerprint density at radius 1 is 1.26 bits per heavy atom. The molecule has 3 rings (SSSR count). The van der Waals surface area contributed by atoms with Gasteiger partial charge in [-0.3, -0.25) is 9.58 Å². The molecule has 0 amide bonds. The van der Waals surface area contributed by atoms with Gasteiger partial charge in [0.1, 0.15) is 0 Å². The van der Waals surface area contributed by atoms with Crippen LogP contribution in [-0.2, 0) is 24.4 Å². The van der Waals surface area contributed by atoms with Gasteiger partial charge in [0.2, 0.25) is 0 Å². The largest absolute Gasteiger partial charge is 0.377 e. The monoisotopic (exact) mass is 313 g/mol. The summed E-state index contributed by atoms with van der Waals surface area (Å²) < 4.78 is 7.92. The van der Waals surface area contributed by atoms with Gasteiger partial charge in [0.25, 0.3) is 0 Å². The highest BCUT2D eigenvalue weighted by Crippen LogP contribution is 2.18. The van der Waals surface area contributed by atoms with Gasteiger partial charge in [-0.25, -0.2) is 0 Å². The zero-order chi connectivity index (χ0) is 16.1. The van der Waals surface area contributed by atoms with E-state index in [1.807, 2.05) is 6.20 Å². The number of hydrogen-bond donors (Lipinski definition) is 0. The molecule has 1 fully saturated rings. The van der Waals surface area contributed by atoms with Crippen molar-refractivity contribution in [1.29, 1.82) is 0 Å². The summed E-state index contributed by atoms with van der Waals surface area (Å²) >= 11 is 0.